The highest BCUT2D eigenvalue weighted by Gasteiger charge is 2.29. The number of carbonyl (C=O) groups excluding carboxylic acids is 1. The lowest BCUT2D eigenvalue weighted by Crippen LogP contribution is -2.29. The Kier molecular flexibility index (Phi) is 4.29. The molecular formula is C21H22N4O. The second-order valence-corrected chi connectivity index (χ2v) is 6.96. The number of fused-ring (bicyclic) bond motifs is 1. The van der Waals surface area contributed by atoms with Crippen LogP contribution in [0.4, 0.5) is 5.82 Å². The van der Waals surface area contributed by atoms with Crippen molar-refractivity contribution in [1.82, 2.24) is 14.9 Å². The molecule has 26 heavy (non-hydrogen) atoms. The Morgan fingerprint density at radius 3 is 2.69 bits per heavy atom. The van der Waals surface area contributed by atoms with Crippen LogP contribution < -0.4 is 4.90 Å². The van der Waals surface area contributed by atoms with Crippen molar-refractivity contribution in [1.29, 1.82) is 0 Å². The minimum Gasteiger partial charge on any atom is -0.363 e. The van der Waals surface area contributed by atoms with Crippen molar-refractivity contribution < 1.29 is 4.79 Å². The van der Waals surface area contributed by atoms with E-state index >= 15 is 0 Å². The molecule has 3 heterocycles. The van der Waals surface area contributed by atoms with Crippen molar-refractivity contribution in [2.24, 2.45) is 0 Å². The predicted octanol–water partition coefficient (Wildman–Crippen LogP) is 3.33. The molecule has 0 aliphatic carbocycles. The van der Waals surface area contributed by atoms with Crippen LogP contribution in [0.5, 0.6) is 0 Å². The predicted molar refractivity (Wildman–Crippen MR) is 104 cm³/mol. The maximum Gasteiger partial charge on any atom is 0.254 e. The highest BCUT2D eigenvalue weighted by Crippen LogP contribution is 2.30. The zero-order chi connectivity index (χ0) is 18.1. The van der Waals surface area contributed by atoms with E-state index in [9.17, 15) is 4.79 Å². The number of aromatic nitrogens is 2. The fraction of sp³-hybridized carbons (Fsp3) is 0.286. The standard InChI is InChI=1S/C21H22N4O/c1-24(2)20-13-18(17-5-3-4-6-19(17)23-20)21(26)25-12-9-16(14-25)15-7-10-22-11-8-15/h3-8,10-11,13,16H,9,12,14H2,1-2H3. The Morgan fingerprint density at radius 2 is 1.92 bits per heavy atom. The number of hydrogen-bond donors (Lipinski definition) is 0. The van der Waals surface area contributed by atoms with E-state index < -0.39 is 0 Å². The molecule has 0 bridgehead atoms. The molecule has 1 unspecified atom stereocenters. The van der Waals surface area contributed by atoms with Crippen molar-refractivity contribution in [3.05, 3.63) is 66.0 Å². The van der Waals surface area contributed by atoms with E-state index in [-0.39, 0.29) is 5.91 Å². The molecule has 1 atom stereocenters. The molecule has 0 N–H and O–H groups in total. The van der Waals surface area contributed by atoms with Gasteiger partial charge in [-0.05, 0) is 36.2 Å². The molecule has 2 aromatic heterocycles. The van der Waals surface area contributed by atoms with Crippen LogP contribution in [0.1, 0.15) is 28.3 Å². The third-order valence-corrected chi connectivity index (χ3v) is 5.04. The lowest BCUT2D eigenvalue weighted by Gasteiger charge is -2.20. The molecule has 1 aliphatic heterocycles. The van der Waals surface area contributed by atoms with E-state index in [0.29, 0.717) is 5.92 Å². The normalized spacial score (nSPS) is 16.8. The molecule has 3 aromatic rings. The molecule has 5 heteroatoms. The first kappa shape index (κ1) is 16.5. The van der Waals surface area contributed by atoms with Crippen molar-refractivity contribution in [3.63, 3.8) is 0 Å². The number of likely N-dealkylation sites (tertiary alicyclic amines) is 1. The van der Waals surface area contributed by atoms with Crippen LogP contribution in [-0.2, 0) is 0 Å². The third-order valence-electron chi connectivity index (χ3n) is 5.04. The van der Waals surface area contributed by atoms with Gasteiger partial charge in [0.2, 0.25) is 0 Å². The number of para-hydroxylation sites is 1. The number of benzene rings is 1. The smallest absolute Gasteiger partial charge is 0.254 e. The first-order valence-electron chi connectivity index (χ1n) is 8.90. The SMILES string of the molecule is CN(C)c1cc(C(=O)N2CCC(c3ccncc3)C2)c2ccccc2n1. The quantitative estimate of drug-likeness (QED) is 0.730. The van der Waals surface area contributed by atoms with Gasteiger partial charge in [0.25, 0.3) is 5.91 Å². The fourth-order valence-electron chi connectivity index (χ4n) is 3.59. The topological polar surface area (TPSA) is 49.3 Å². The molecule has 0 spiro atoms. The average Bonchev–Trinajstić information content (AvgIpc) is 3.17. The van der Waals surface area contributed by atoms with E-state index in [1.807, 2.05) is 78.8 Å². The Labute approximate surface area is 153 Å². The molecule has 1 aromatic carbocycles. The van der Waals surface area contributed by atoms with Crippen molar-refractivity contribution in [2.75, 3.05) is 32.1 Å². The number of carbonyl (C=O) groups is 1. The van der Waals surface area contributed by atoms with Gasteiger partial charge >= 0.3 is 0 Å². The molecule has 0 radical (unpaired) electrons. The van der Waals surface area contributed by atoms with E-state index in [2.05, 4.69) is 9.97 Å². The van der Waals surface area contributed by atoms with Crippen molar-refractivity contribution in [3.8, 4) is 0 Å². The second kappa shape index (κ2) is 6.75. The molecule has 1 amide bonds. The van der Waals surface area contributed by atoms with Gasteiger partial charge in [-0.15, -0.1) is 0 Å². The van der Waals surface area contributed by atoms with Gasteiger partial charge in [-0.3, -0.25) is 9.78 Å². The summed E-state index contributed by atoms with van der Waals surface area (Å²) in [4.78, 5) is 25.9. The molecule has 0 saturated carbocycles. The summed E-state index contributed by atoms with van der Waals surface area (Å²) < 4.78 is 0. The number of hydrogen-bond acceptors (Lipinski definition) is 4. The van der Waals surface area contributed by atoms with E-state index in [1.54, 1.807) is 0 Å². The Balaban J connectivity index is 1.66. The molecule has 1 aliphatic rings. The van der Waals surface area contributed by atoms with E-state index in [1.165, 1.54) is 5.56 Å². The maximum absolute atomic E-state index is 13.3. The largest absolute Gasteiger partial charge is 0.363 e. The molecule has 1 saturated heterocycles. The second-order valence-electron chi connectivity index (χ2n) is 6.96. The summed E-state index contributed by atoms with van der Waals surface area (Å²) in [6.45, 7) is 1.52. The van der Waals surface area contributed by atoms with Crippen LogP contribution in [0.2, 0.25) is 0 Å². The van der Waals surface area contributed by atoms with Gasteiger partial charge in [-0.2, -0.15) is 0 Å². The molecule has 132 valence electrons. The summed E-state index contributed by atoms with van der Waals surface area (Å²) in [5, 5.41) is 0.912. The molecule has 5 nitrogen and oxygen atoms in total. The maximum atomic E-state index is 13.3. The van der Waals surface area contributed by atoms with Crippen LogP contribution >= 0.6 is 0 Å². The minimum atomic E-state index is 0.0863. The van der Waals surface area contributed by atoms with Crippen LogP contribution in [0.25, 0.3) is 10.9 Å². The Bertz CT molecular complexity index is 939. The lowest BCUT2D eigenvalue weighted by molar-refractivity contribution is 0.0792. The van der Waals surface area contributed by atoms with Crippen LogP contribution in [0.15, 0.2) is 54.9 Å². The minimum absolute atomic E-state index is 0.0863. The van der Waals surface area contributed by atoms with Crippen molar-refractivity contribution in [2.45, 2.75) is 12.3 Å². The van der Waals surface area contributed by atoms with Crippen molar-refractivity contribution >= 4 is 22.6 Å². The summed E-state index contributed by atoms with van der Waals surface area (Å²) in [5.41, 5.74) is 2.84. The molecular weight excluding hydrogens is 324 g/mol. The molecule has 4 rings (SSSR count). The zero-order valence-electron chi connectivity index (χ0n) is 15.1. The fourth-order valence-corrected chi connectivity index (χ4v) is 3.59. The lowest BCUT2D eigenvalue weighted by atomic mass is 10.00. The summed E-state index contributed by atoms with van der Waals surface area (Å²) in [6.07, 6.45) is 4.62. The van der Waals surface area contributed by atoms with Crippen LogP contribution in [0, 0.1) is 0 Å². The van der Waals surface area contributed by atoms with Crippen LogP contribution in [-0.4, -0.2) is 48.0 Å². The van der Waals surface area contributed by atoms with Gasteiger partial charge in [0.1, 0.15) is 5.82 Å². The van der Waals surface area contributed by atoms with Gasteiger partial charge in [0, 0.05) is 50.9 Å². The number of amides is 1. The number of rotatable bonds is 3. The number of pyridine rings is 2. The molecule has 1 fully saturated rings. The zero-order valence-corrected chi connectivity index (χ0v) is 15.1. The first-order valence-corrected chi connectivity index (χ1v) is 8.90. The number of nitrogens with zero attached hydrogens (tertiary/aromatic N) is 4. The van der Waals surface area contributed by atoms with Gasteiger partial charge in [-0.25, -0.2) is 4.98 Å². The van der Waals surface area contributed by atoms with E-state index in [0.717, 1.165) is 41.8 Å². The number of anilines is 1. The Hall–Kier alpha value is -2.95. The summed E-state index contributed by atoms with van der Waals surface area (Å²) in [6, 6.07) is 13.9. The highest BCUT2D eigenvalue weighted by molar-refractivity contribution is 6.07. The first-order chi connectivity index (χ1) is 12.6. The highest BCUT2D eigenvalue weighted by atomic mass is 16.2. The van der Waals surface area contributed by atoms with Gasteiger partial charge in [0.15, 0.2) is 0 Å². The third kappa shape index (κ3) is 3.01. The van der Waals surface area contributed by atoms with Gasteiger partial charge in [0.05, 0.1) is 11.1 Å². The van der Waals surface area contributed by atoms with Crippen LogP contribution in [0.3, 0.4) is 0 Å². The summed E-state index contributed by atoms with van der Waals surface area (Å²) >= 11 is 0. The summed E-state index contributed by atoms with van der Waals surface area (Å²) in [5.74, 6) is 1.27. The Morgan fingerprint density at radius 1 is 1.15 bits per heavy atom. The average molecular weight is 346 g/mol. The van der Waals surface area contributed by atoms with Gasteiger partial charge in [-0.1, -0.05) is 18.2 Å². The van der Waals surface area contributed by atoms with E-state index in [4.69, 9.17) is 0 Å². The summed E-state index contributed by atoms with van der Waals surface area (Å²) in [7, 11) is 3.89. The van der Waals surface area contributed by atoms with Gasteiger partial charge < -0.3 is 9.80 Å². The monoisotopic (exact) mass is 346 g/mol.